The smallest absolute Gasteiger partial charge is 0.354 e. The van der Waals surface area contributed by atoms with Crippen LogP contribution in [0.1, 0.15) is 21.0 Å². The molecule has 0 saturated carbocycles. The number of carboxylic acid groups (broad SMARTS) is 1. The first-order valence-electron chi connectivity index (χ1n) is 5.30. The Morgan fingerprint density at radius 3 is 2.63 bits per heavy atom. The van der Waals surface area contributed by atoms with Gasteiger partial charge < -0.3 is 15.0 Å². The summed E-state index contributed by atoms with van der Waals surface area (Å²) in [5, 5.41) is 11.4. The molecule has 2 aromatic heterocycles. The largest absolute Gasteiger partial charge is 0.477 e. The number of carbonyl (C=O) groups is 2. The zero-order valence-corrected chi connectivity index (χ0v) is 11.5. The van der Waals surface area contributed by atoms with Gasteiger partial charge in [-0.2, -0.15) is 0 Å². The summed E-state index contributed by atoms with van der Waals surface area (Å²) in [6.07, 6.45) is 3.07. The Balaban J connectivity index is 2.15. The lowest BCUT2D eigenvalue weighted by Crippen LogP contribution is -2.15. The van der Waals surface area contributed by atoms with Gasteiger partial charge in [0.15, 0.2) is 0 Å². The first kappa shape index (κ1) is 13.3. The van der Waals surface area contributed by atoms with Crippen LogP contribution in [0.4, 0.5) is 5.69 Å². The fraction of sp³-hybridized carbons (Fsp3) is 0.0833. The Bertz CT molecular complexity index is 634. The predicted molar refractivity (Wildman–Crippen MR) is 72.3 cm³/mol. The van der Waals surface area contributed by atoms with E-state index in [0.717, 1.165) is 4.47 Å². The molecule has 1 amide bonds. The lowest BCUT2D eigenvalue weighted by atomic mass is 10.3. The Labute approximate surface area is 117 Å². The van der Waals surface area contributed by atoms with Crippen molar-refractivity contribution in [3.63, 3.8) is 0 Å². The highest BCUT2D eigenvalue weighted by molar-refractivity contribution is 9.10. The van der Waals surface area contributed by atoms with Gasteiger partial charge in [0.25, 0.3) is 5.91 Å². The number of aryl methyl sites for hydroxylation is 1. The topological polar surface area (TPSA) is 84.2 Å². The number of nitrogens with one attached hydrogen (secondary N) is 1. The van der Waals surface area contributed by atoms with E-state index in [1.807, 2.05) is 0 Å². The van der Waals surface area contributed by atoms with E-state index in [0.29, 0.717) is 11.4 Å². The standard InChI is InChI=1S/C12H10BrN3O3/c1-16-6-7(13)4-10(16)11(17)15-8-2-3-9(12(18)19)14-5-8/h2-6H,1H3,(H,15,17)(H,18,19). The van der Waals surface area contributed by atoms with Crippen LogP contribution in [0.15, 0.2) is 35.1 Å². The first-order chi connectivity index (χ1) is 8.97. The third-order valence-corrected chi connectivity index (χ3v) is 2.88. The second-order valence-corrected chi connectivity index (χ2v) is 4.76. The van der Waals surface area contributed by atoms with E-state index in [2.05, 4.69) is 26.2 Å². The van der Waals surface area contributed by atoms with Gasteiger partial charge in [0, 0.05) is 17.7 Å². The molecule has 0 fully saturated rings. The van der Waals surface area contributed by atoms with Crippen LogP contribution in [-0.4, -0.2) is 26.5 Å². The summed E-state index contributed by atoms with van der Waals surface area (Å²) in [5.74, 6) is -1.40. The molecule has 2 N–H and O–H groups in total. The monoisotopic (exact) mass is 323 g/mol. The van der Waals surface area contributed by atoms with Crippen LogP contribution < -0.4 is 5.32 Å². The molecule has 6 nitrogen and oxygen atoms in total. The molecule has 2 rings (SSSR count). The number of carboxylic acids is 1. The number of hydrogen-bond acceptors (Lipinski definition) is 3. The first-order valence-corrected chi connectivity index (χ1v) is 6.09. The molecular formula is C12H10BrN3O3. The van der Waals surface area contributed by atoms with Crippen molar-refractivity contribution in [2.45, 2.75) is 0 Å². The molecule has 19 heavy (non-hydrogen) atoms. The number of anilines is 1. The van der Waals surface area contributed by atoms with Crippen LogP contribution in [0.2, 0.25) is 0 Å². The van der Waals surface area contributed by atoms with Crippen molar-refractivity contribution in [2.24, 2.45) is 7.05 Å². The molecule has 0 aliphatic carbocycles. The van der Waals surface area contributed by atoms with E-state index >= 15 is 0 Å². The second kappa shape index (κ2) is 5.23. The number of amides is 1. The average Bonchev–Trinajstić information content (AvgIpc) is 2.69. The van der Waals surface area contributed by atoms with Crippen molar-refractivity contribution in [3.05, 3.63) is 46.5 Å². The van der Waals surface area contributed by atoms with Gasteiger partial charge >= 0.3 is 5.97 Å². The average molecular weight is 324 g/mol. The second-order valence-electron chi connectivity index (χ2n) is 3.85. The predicted octanol–water partition coefficient (Wildman–Crippen LogP) is 2.13. The van der Waals surface area contributed by atoms with Gasteiger partial charge in [-0.15, -0.1) is 0 Å². The third-order valence-electron chi connectivity index (χ3n) is 2.44. The highest BCUT2D eigenvalue weighted by atomic mass is 79.9. The summed E-state index contributed by atoms with van der Waals surface area (Å²) in [6.45, 7) is 0. The lowest BCUT2D eigenvalue weighted by molar-refractivity contribution is 0.0690. The maximum Gasteiger partial charge on any atom is 0.354 e. The molecule has 0 radical (unpaired) electrons. The quantitative estimate of drug-likeness (QED) is 0.906. The third kappa shape index (κ3) is 3.00. The van der Waals surface area contributed by atoms with Crippen LogP contribution in [0, 0.1) is 0 Å². The van der Waals surface area contributed by atoms with E-state index < -0.39 is 5.97 Å². The summed E-state index contributed by atoms with van der Waals surface area (Å²) in [6, 6.07) is 4.51. The molecule has 0 unspecified atom stereocenters. The lowest BCUT2D eigenvalue weighted by Gasteiger charge is -2.05. The van der Waals surface area contributed by atoms with E-state index in [-0.39, 0.29) is 11.6 Å². The zero-order chi connectivity index (χ0) is 14.0. The van der Waals surface area contributed by atoms with E-state index in [4.69, 9.17) is 5.11 Å². The Kier molecular flexibility index (Phi) is 3.66. The van der Waals surface area contributed by atoms with Crippen LogP contribution in [-0.2, 0) is 7.05 Å². The number of halogens is 1. The van der Waals surface area contributed by atoms with Crippen molar-refractivity contribution in [1.29, 1.82) is 0 Å². The Morgan fingerprint density at radius 1 is 1.42 bits per heavy atom. The van der Waals surface area contributed by atoms with Crippen molar-refractivity contribution in [1.82, 2.24) is 9.55 Å². The van der Waals surface area contributed by atoms with Gasteiger partial charge in [-0.1, -0.05) is 0 Å². The number of pyridine rings is 1. The Morgan fingerprint density at radius 2 is 2.16 bits per heavy atom. The molecule has 0 aliphatic heterocycles. The maximum absolute atomic E-state index is 12.0. The molecule has 0 aromatic carbocycles. The van der Waals surface area contributed by atoms with Crippen molar-refractivity contribution < 1.29 is 14.7 Å². The summed E-state index contributed by atoms with van der Waals surface area (Å²) in [5.41, 5.74) is 0.848. The summed E-state index contributed by atoms with van der Waals surface area (Å²) in [7, 11) is 1.76. The molecule has 2 aromatic rings. The molecule has 0 saturated heterocycles. The van der Waals surface area contributed by atoms with Crippen LogP contribution in [0.3, 0.4) is 0 Å². The minimum atomic E-state index is -1.11. The minimum Gasteiger partial charge on any atom is -0.477 e. The number of hydrogen-bond donors (Lipinski definition) is 2. The molecule has 98 valence electrons. The molecule has 2 heterocycles. The summed E-state index contributed by atoms with van der Waals surface area (Å²) in [4.78, 5) is 26.3. The summed E-state index contributed by atoms with van der Waals surface area (Å²) >= 11 is 3.28. The van der Waals surface area contributed by atoms with E-state index in [1.165, 1.54) is 18.3 Å². The van der Waals surface area contributed by atoms with Gasteiger partial charge in [-0.25, -0.2) is 9.78 Å². The molecule has 0 aliphatic rings. The fourth-order valence-corrected chi connectivity index (χ4v) is 2.06. The normalized spacial score (nSPS) is 10.2. The van der Waals surface area contributed by atoms with E-state index in [1.54, 1.807) is 23.9 Å². The molecular weight excluding hydrogens is 314 g/mol. The van der Waals surface area contributed by atoms with Gasteiger partial charge in [-0.05, 0) is 34.1 Å². The van der Waals surface area contributed by atoms with Crippen molar-refractivity contribution >= 4 is 33.5 Å². The number of aromatic carboxylic acids is 1. The van der Waals surface area contributed by atoms with Crippen molar-refractivity contribution in [2.75, 3.05) is 5.32 Å². The number of carbonyl (C=O) groups excluding carboxylic acids is 1. The molecule has 0 bridgehead atoms. The maximum atomic E-state index is 12.0. The van der Waals surface area contributed by atoms with Crippen molar-refractivity contribution in [3.8, 4) is 0 Å². The van der Waals surface area contributed by atoms with Gasteiger partial charge in [0.1, 0.15) is 11.4 Å². The van der Waals surface area contributed by atoms with Crippen LogP contribution in [0.5, 0.6) is 0 Å². The number of nitrogens with zero attached hydrogens (tertiary/aromatic N) is 2. The highest BCUT2D eigenvalue weighted by Crippen LogP contribution is 2.15. The van der Waals surface area contributed by atoms with Gasteiger partial charge in [-0.3, -0.25) is 4.79 Å². The molecule has 0 atom stereocenters. The van der Waals surface area contributed by atoms with Crippen LogP contribution >= 0.6 is 15.9 Å². The van der Waals surface area contributed by atoms with E-state index in [9.17, 15) is 9.59 Å². The Hall–Kier alpha value is -2.15. The number of aromatic nitrogens is 2. The highest BCUT2D eigenvalue weighted by Gasteiger charge is 2.12. The van der Waals surface area contributed by atoms with Crippen LogP contribution in [0.25, 0.3) is 0 Å². The minimum absolute atomic E-state index is 0.0698. The van der Waals surface area contributed by atoms with Gasteiger partial charge in [0.05, 0.1) is 11.9 Å². The van der Waals surface area contributed by atoms with Gasteiger partial charge in [0.2, 0.25) is 0 Å². The fourth-order valence-electron chi connectivity index (χ4n) is 1.54. The summed E-state index contributed by atoms with van der Waals surface area (Å²) < 4.78 is 2.48. The molecule has 7 heteroatoms. The zero-order valence-electron chi connectivity index (χ0n) is 9.92. The number of rotatable bonds is 3. The SMILES string of the molecule is Cn1cc(Br)cc1C(=O)Nc1ccc(C(=O)O)nc1. The molecule has 0 spiro atoms.